The third kappa shape index (κ3) is 4.63. The summed E-state index contributed by atoms with van der Waals surface area (Å²) in [6, 6.07) is 1.70. The van der Waals surface area contributed by atoms with Crippen molar-refractivity contribution in [1.29, 1.82) is 0 Å². The fourth-order valence-corrected chi connectivity index (χ4v) is 3.63. The van der Waals surface area contributed by atoms with Gasteiger partial charge in [-0.25, -0.2) is 4.98 Å². The molecule has 0 saturated heterocycles. The van der Waals surface area contributed by atoms with Gasteiger partial charge in [-0.2, -0.15) is 0 Å². The molecular formula is C21H28ClN3O. The molecule has 5 heteroatoms. The van der Waals surface area contributed by atoms with Crippen LogP contribution in [0.2, 0.25) is 5.15 Å². The molecule has 4 nitrogen and oxygen atoms in total. The van der Waals surface area contributed by atoms with Gasteiger partial charge in [-0.05, 0) is 48.5 Å². The third-order valence-electron chi connectivity index (χ3n) is 5.04. The Hall–Kier alpha value is -1.91. The molecule has 2 rings (SSSR count). The van der Waals surface area contributed by atoms with E-state index in [9.17, 15) is 4.79 Å². The number of pyridine rings is 1. The van der Waals surface area contributed by atoms with Gasteiger partial charge in [0.05, 0.1) is 0 Å². The quantitative estimate of drug-likeness (QED) is 0.394. The average Bonchev–Trinajstić information content (AvgIpc) is 2.66. The van der Waals surface area contributed by atoms with Crippen molar-refractivity contribution in [3.05, 3.63) is 65.0 Å². The highest BCUT2D eigenvalue weighted by molar-refractivity contribution is 6.29. The van der Waals surface area contributed by atoms with Gasteiger partial charge in [-0.1, -0.05) is 43.8 Å². The van der Waals surface area contributed by atoms with Gasteiger partial charge in [0.25, 0.3) is 5.91 Å². The molecule has 0 aliphatic carbocycles. The molecular weight excluding hydrogens is 346 g/mol. The molecule has 0 spiro atoms. The van der Waals surface area contributed by atoms with Crippen molar-refractivity contribution in [2.45, 2.75) is 38.5 Å². The molecule has 1 amide bonds. The molecule has 1 atom stereocenters. The molecule has 2 heterocycles. The Bertz CT molecular complexity index is 711. The molecule has 1 aliphatic heterocycles. The predicted molar refractivity (Wildman–Crippen MR) is 109 cm³/mol. The summed E-state index contributed by atoms with van der Waals surface area (Å²) < 4.78 is 0. The zero-order valence-electron chi connectivity index (χ0n) is 15.5. The second-order valence-electron chi connectivity index (χ2n) is 6.57. The summed E-state index contributed by atoms with van der Waals surface area (Å²) >= 11 is 6.00. The van der Waals surface area contributed by atoms with Crippen molar-refractivity contribution in [2.75, 3.05) is 19.6 Å². The SMILES string of the molecule is C=C/C(CN)=C(\C=C)CCCCN1CC(CC)c2cnc(Cl)cc2C1=O. The topological polar surface area (TPSA) is 59.2 Å². The first-order valence-corrected chi connectivity index (χ1v) is 9.55. The smallest absolute Gasteiger partial charge is 0.254 e. The largest absolute Gasteiger partial charge is 0.338 e. The summed E-state index contributed by atoms with van der Waals surface area (Å²) in [6.45, 7) is 11.8. The molecule has 1 aromatic rings. The Morgan fingerprint density at radius 3 is 2.73 bits per heavy atom. The minimum atomic E-state index is 0.0576. The van der Waals surface area contributed by atoms with E-state index < -0.39 is 0 Å². The van der Waals surface area contributed by atoms with E-state index in [-0.39, 0.29) is 5.91 Å². The summed E-state index contributed by atoms with van der Waals surface area (Å²) in [6.07, 6.45) is 9.19. The number of carbonyl (C=O) groups is 1. The van der Waals surface area contributed by atoms with Crippen LogP contribution in [0.3, 0.4) is 0 Å². The van der Waals surface area contributed by atoms with Gasteiger partial charge in [0.15, 0.2) is 0 Å². The number of unbranched alkanes of at least 4 members (excludes halogenated alkanes) is 1. The van der Waals surface area contributed by atoms with E-state index in [0.29, 0.717) is 23.2 Å². The van der Waals surface area contributed by atoms with Crippen molar-refractivity contribution in [1.82, 2.24) is 9.88 Å². The number of nitrogens with zero attached hydrogens (tertiary/aromatic N) is 2. The molecule has 0 aromatic carbocycles. The molecule has 0 saturated carbocycles. The van der Waals surface area contributed by atoms with E-state index in [1.165, 1.54) is 0 Å². The predicted octanol–water partition coefficient (Wildman–Crippen LogP) is 4.48. The minimum Gasteiger partial charge on any atom is -0.338 e. The van der Waals surface area contributed by atoms with Gasteiger partial charge in [0, 0.05) is 37.3 Å². The first-order valence-electron chi connectivity index (χ1n) is 9.17. The van der Waals surface area contributed by atoms with Gasteiger partial charge in [0.1, 0.15) is 5.15 Å². The number of aromatic nitrogens is 1. The maximum absolute atomic E-state index is 12.8. The van der Waals surface area contributed by atoms with Crippen molar-refractivity contribution in [3.8, 4) is 0 Å². The van der Waals surface area contributed by atoms with Crippen LogP contribution in [0.25, 0.3) is 0 Å². The molecule has 0 radical (unpaired) electrons. The molecule has 0 fully saturated rings. The Kier molecular flexibility index (Phi) is 7.61. The fraction of sp³-hybridized carbons (Fsp3) is 0.429. The molecule has 26 heavy (non-hydrogen) atoms. The van der Waals surface area contributed by atoms with Crippen LogP contribution >= 0.6 is 11.6 Å². The number of hydrogen-bond donors (Lipinski definition) is 1. The fourth-order valence-electron chi connectivity index (χ4n) is 3.47. The average molecular weight is 374 g/mol. The lowest BCUT2D eigenvalue weighted by atomic mass is 9.89. The summed E-state index contributed by atoms with van der Waals surface area (Å²) in [7, 11) is 0. The van der Waals surface area contributed by atoms with E-state index in [2.05, 4.69) is 25.1 Å². The minimum absolute atomic E-state index is 0.0576. The second kappa shape index (κ2) is 9.70. The van der Waals surface area contributed by atoms with Crippen LogP contribution in [0, 0.1) is 0 Å². The molecule has 1 aromatic heterocycles. The van der Waals surface area contributed by atoms with Crippen molar-refractivity contribution >= 4 is 17.5 Å². The van der Waals surface area contributed by atoms with E-state index in [0.717, 1.165) is 55.5 Å². The van der Waals surface area contributed by atoms with Crippen LogP contribution in [0.4, 0.5) is 0 Å². The number of hydrogen-bond acceptors (Lipinski definition) is 3. The number of nitrogens with two attached hydrogens (primary N) is 1. The summed E-state index contributed by atoms with van der Waals surface area (Å²) in [5.41, 5.74) is 9.64. The van der Waals surface area contributed by atoms with E-state index in [1.54, 1.807) is 18.3 Å². The number of carbonyl (C=O) groups excluding carboxylic acids is 1. The zero-order valence-corrected chi connectivity index (χ0v) is 16.3. The van der Waals surface area contributed by atoms with Crippen LogP contribution in [-0.2, 0) is 0 Å². The highest BCUT2D eigenvalue weighted by Gasteiger charge is 2.30. The first kappa shape index (κ1) is 20.4. The van der Waals surface area contributed by atoms with Crippen LogP contribution in [-0.4, -0.2) is 35.4 Å². The number of halogens is 1. The molecule has 1 aliphatic rings. The van der Waals surface area contributed by atoms with Gasteiger partial charge in [-0.3, -0.25) is 4.79 Å². The summed E-state index contributed by atoms with van der Waals surface area (Å²) in [5.74, 6) is 0.378. The van der Waals surface area contributed by atoms with Gasteiger partial charge in [-0.15, -0.1) is 0 Å². The van der Waals surface area contributed by atoms with Gasteiger partial charge >= 0.3 is 0 Å². The number of fused-ring (bicyclic) bond motifs is 1. The monoisotopic (exact) mass is 373 g/mol. The molecule has 2 N–H and O–H groups in total. The maximum Gasteiger partial charge on any atom is 0.254 e. The lowest BCUT2D eigenvalue weighted by Crippen LogP contribution is -2.40. The highest BCUT2D eigenvalue weighted by Crippen LogP contribution is 2.31. The number of allylic oxidation sites excluding steroid dienone is 2. The Morgan fingerprint density at radius 1 is 1.38 bits per heavy atom. The molecule has 1 unspecified atom stereocenters. The normalized spacial score (nSPS) is 17.6. The van der Waals surface area contributed by atoms with Crippen LogP contribution in [0.15, 0.2) is 48.7 Å². The molecule has 140 valence electrons. The van der Waals surface area contributed by atoms with Crippen LogP contribution in [0.5, 0.6) is 0 Å². The van der Waals surface area contributed by atoms with E-state index >= 15 is 0 Å². The van der Waals surface area contributed by atoms with Crippen molar-refractivity contribution < 1.29 is 4.79 Å². The van der Waals surface area contributed by atoms with Crippen molar-refractivity contribution in [3.63, 3.8) is 0 Å². The van der Waals surface area contributed by atoms with E-state index in [4.69, 9.17) is 17.3 Å². The van der Waals surface area contributed by atoms with Crippen LogP contribution in [0.1, 0.15) is 54.4 Å². The lowest BCUT2D eigenvalue weighted by molar-refractivity contribution is 0.0716. The summed E-state index contributed by atoms with van der Waals surface area (Å²) in [4.78, 5) is 18.9. The highest BCUT2D eigenvalue weighted by atomic mass is 35.5. The maximum atomic E-state index is 12.8. The second-order valence-corrected chi connectivity index (χ2v) is 6.96. The first-order chi connectivity index (χ1) is 12.5. The number of rotatable bonds is 9. The van der Waals surface area contributed by atoms with Crippen LogP contribution < -0.4 is 5.73 Å². The molecule has 0 bridgehead atoms. The third-order valence-corrected chi connectivity index (χ3v) is 5.25. The van der Waals surface area contributed by atoms with Crippen molar-refractivity contribution in [2.24, 2.45) is 5.73 Å². The number of amides is 1. The standard InChI is InChI=1S/C21H28ClN3O/c1-4-15(16(5-2)12-23)9-7-8-10-25-14-17(6-3)19-13-24-20(22)11-18(19)21(25)26/h4-5,11,13,17H,1-2,6-10,12,14,23H2,3H3/b16-15-. The van der Waals surface area contributed by atoms with Gasteiger partial charge < -0.3 is 10.6 Å². The zero-order chi connectivity index (χ0) is 19.1. The van der Waals surface area contributed by atoms with E-state index in [1.807, 2.05) is 11.0 Å². The summed E-state index contributed by atoms with van der Waals surface area (Å²) in [5, 5.41) is 0.369. The Morgan fingerprint density at radius 2 is 2.12 bits per heavy atom. The van der Waals surface area contributed by atoms with Gasteiger partial charge in [0.2, 0.25) is 0 Å². The Balaban J connectivity index is 2.00. The Labute approximate surface area is 161 Å². The lowest BCUT2D eigenvalue weighted by Gasteiger charge is -2.34.